The summed E-state index contributed by atoms with van der Waals surface area (Å²) >= 11 is 2.10. The van der Waals surface area contributed by atoms with Crippen LogP contribution in [-0.4, -0.2) is 23.7 Å². The molecule has 2 rings (SSSR count). The Balaban J connectivity index is 0.000000165. The van der Waals surface area contributed by atoms with Gasteiger partial charge in [0.2, 0.25) is 0 Å². The molecular formula is C14H28OS. The summed E-state index contributed by atoms with van der Waals surface area (Å²) in [4.78, 5) is 0. The summed E-state index contributed by atoms with van der Waals surface area (Å²) < 4.78 is 5.17. The second-order valence-corrected chi connectivity index (χ2v) is 7.40. The van der Waals surface area contributed by atoms with Crippen molar-refractivity contribution >= 4 is 11.8 Å². The Bertz CT molecular complexity index is 183. The minimum Gasteiger partial charge on any atom is -0.373 e. The maximum atomic E-state index is 5.17. The highest BCUT2D eigenvalue weighted by Crippen LogP contribution is 2.35. The van der Waals surface area contributed by atoms with E-state index in [9.17, 15) is 0 Å². The van der Waals surface area contributed by atoms with Crippen molar-refractivity contribution in [2.45, 2.75) is 58.8 Å². The molecule has 3 atom stereocenters. The molecule has 0 N–H and O–H groups in total. The average molecular weight is 244 g/mol. The molecule has 0 aromatic rings. The first-order valence-electron chi connectivity index (χ1n) is 6.72. The Morgan fingerprint density at radius 2 is 1.69 bits per heavy atom. The van der Waals surface area contributed by atoms with Crippen molar-refractivity contribution in [1.82, 2.24) is 0 Å². The fourth-order valence-corrected chi connectivity index (χ4v) is 2.80. The predicted octanol–water partition coefficient (Wildman–Crippen LogP) is 4.22. The van der Waals surface area contributed by atoms with Crippen LogP contribution in [0.5, 0.6) is 0 Å². The lowest BCUT2D eigenvalue weighted by atomic mass is 9.96. The SMILES string of the molecule is CC(C)CC(C)C1CO1.CC(C)CC1CS1. The van der Waals surface area contributed by atoms with E-state index in [1.165, 1.54) is 18.6 Å². The second-order valence-electron chi connectivity index (χ2n) is 6.06. The van der Waals surface area contributed by atoms with Gasteiger partial charge in [-0.3, -0.25) is 0 Å². The summed E-state index contributed by atoms with van der Waals surface area (Å²) in [7, 11) is 0. The zero-order valence-electron chi connectivity index (χ0n) is 11.5. The van der Waals surface area contributed by atoms with Crippen LogP contribution in [-0.2, 0) is 4.74 Å². The van der Waals surface area contributed by atoms with E-state index in [1.807, 2.05) is 0 Å². The maximum absolute atomic E-state index is 5.17. The molecule has 16 heavy (non-hydrogen) atoms. The van der Waals surface area contributed by atoms with Crippen LogP contribution >= 0.6 is 11.8 Å². The number of rotatable bonds is 5. The van der Waals surface area contributed by atoms with Crippen LogP contribution in [0.4, 0.5) is 0 Å². The van der Waals surface area contributed by atoms with Gasteiger partial charge >= 0.3 is 0 Å². The largest absolute Gasteiger partial charge is 0.373 e. The third kappa shape index (κ3) is 7.56. The van der Waals surface area contributed by atoms with Gasteiger partial charge in [-0.15, -0.1) is 0 Å². The van der Waals surface area contributed by atoms with Gasteiger partial charge in [0.1, 0.15) is 0 Å². The highest BCUT2D eigenvalue weighted by Gasteiger charge is 2.29. The van der Waals surface area contributed by atoms with E-state index in [1.54, 1.807) is 0 Å². The van der Waals surface area contributed by atoms with E-state index in [2.05, 4.69) is 46.4 Å². The third-order valence-corrected chi connectivity index (χ3v) is 3.97. The van der Waals surface area contributed by atoms with E-state index in [4.69, 9.17) is 4.74 Å². The van der Waals surface area contributed by atoms with E-state index < -0.39 is 0 Å². The Morgan fingerprint density at radius 1 is 1.12 bits per heavy atom. The van der Waals surface area contributed by atoms with E-state index in [-0.39, 0.29) is 0 Å². The number of ether oxygens (including phenoxy) is 1. The van der Waals surface area contributed by atoms with Gasteiger partial charge in [-0.05, 0) is 30.6 Å². The highest BCUT2D eigenvalue weighted by molar-refractivity contribution is 8.06. The summed E-state index contributed by atoms with van der Waals surface area (Å²) in [6.45, 7) is 12.4. The average Bonchev–Trinajstić information content (AvgIpc) is 2.98. The van der Waals surface area contributed by atoms with Gasteiger partial charge in [0.25, 0.3) is 0 Å². The molecule has 0 bridgehead atoms. The molecule has 96 valence electrons. The highest BCUT2D eigenvalue weighted by atomic mass is 32.2. The first-order valence-corrected chi connectivity index (χ1v) is 7.77. The van der Waals surface area contributed by atoms with Crippen LogP contribution in [0.3, 0.4) is 0 Å². The van der Waals surface area contributed by atoms with Crippen molar-refractivity contribution in [3.05, 3.63) is 0 Å². The molecule has 0 saturated carbocycles. The number of hydrogen-bond acceptors (Lipinski definition) is 2. The Morgan fingerprint density at radius 3 is 1.94 bits per heavy atom. The van der Waals surface area contributed by atoms with E-state index in [0.717, 1.165) is 29.6 Å². The summed E-state index contributed by atoms with van der Waals surface area (Å²) in [5.41, 5.74) is 0. The molecule has 2 fully saturated rings. The molecular weight excluding hydrogens is 216 g/mol. The van der Waals surface area contributed by atoms with Crippen molar-refractivity contribution < 1.29 is 4.74 Å². The molecule has 2 heterocycles. The zero-order valence-corrected chi connectivity index (χ0v) is 12.3. The molecule has 0 spiro atoms. The van der Waals surface area contributed by atoms with Crippen LogP contribution in [0, 0.1) is 17.8 Å². The minimum atomic E-state index is 0.604. The van der Waals surface area contributed by atoms with E-state index in [0.29, 0.717) is 6.10 Å². The lowest BCUT2D eigenvalue weighted by molar-refractivity contribution is 0.309. The number of epoxide rings is 1. The molecule has 0 aromatic carbocycles. The second kappa shape index (κ2) is 6.90. The van der Waals surface area contributed by atoms with Gasteiger partial charge in [-0.2, -0.15) is 11.8 Å². The molecule has 0 aliphatic carbocycles. The van der Waals surface area contributed by atoms with Gasteiger partial charge in [0.15, 0.2) is 0 Å². The number of thioether (sulfide) groups is 1. The molecule has 0 amide bonds. The molecule has 2 saturated heterocycles. The monoisotopic (exact) mass is 244 g/mol. The Hall–Kier alpha value is 0.310. The van der Waals surface area contributed by atoms with Gasteiger partial charge in [-0.1, -0.05) is 34.6 Å². The van der Waals surface area contributed by atoms with E-state index >= 15 is 0 Å². The molecule has 1 nitrogen and oxygen atoms in total. The Labute approximate surface area is 106 Å². The van der Waals surface area contributed by atoms with Crippen molar-refractivity contribution in [1.29, 1.82) is 0 Å². The van der Waals surface area contributed by atoms with Crippen molar-refractivity contribution in [3.63, 3.8) is 0 Å². The molecule has 0 aromatic heterocycles. The van der Waals surface area contributed by atoms with Crippen LogP contribution in [0.25, 0.3) is 0 Å². The lowest BCUT2D eigenvalue weighted by Crippen LogP contribution is -2.06. The predicted molar refractivity (Wildman–Crippen MR) is 74.1 cm³/mol. The molecule has 3 unspecified atom stereocenters. The topological polar surface area (TPSA) is 12.5 Å². The molecule has 2 aliphatic heterocycles. The third-order valence-electron chi connectivity index (χ3n) is 2.97. The molecule has 0 radical (unpaired) electrons. The maximum Gasteiger partial charge on any atom is 0.0835 e. The summed E-state index contributed by atoms with van der Waals surface area (Å²) in [5.74, 6) is 3.95. The van der Waals surface area contributed by atoms with Gasteiger partial charge in [-0.25, -0.2) is 0 Å². The standard InChI is InChI=1S/C8H16O.C6H12S/c1-6(2)4-7(3)8-5-9-8;1-5(2)3-6-4-7-6/h6-8H,4-5H2,1-3H3;5-6H,3-4H2,1-2H3. The van der Waals surface area contributed by atoms with Crippen LogP contribution in [0.15, 0.2) is 0 Å². The van der Waals surface area contributed by atoms with Crippen molar-refractivity contribution in [3.8, 4) is 0 Å². The fourth-order valence-electron chi connectivity index (χ4n) is 2.01. The van der Waals surface area contributed by atoms with Crippen LogP contribution in [0.2, 0.25) is 0 Å². The summed E-state index contributed by atoms with van der Waals surface area (Å²) in [6.07, 6.45) is 3.35. The fraction of sp³-hybridized carbons (Fsp3) is 1.00. The zero-order chi connectivity index (χ0) is 12.1. The van der Waals surface area contributed by atoms with Gasteiger partial charge < -0.3 is 4.74 Å². The first-order chi connectivity index (χ1) is 7.49. The summed E-state index contributed by atoms with van der Waals surface area (Å²) in [6, 6.07) is 0. The van der Waals surface area contributed by atoms with Gasteiger partial charge in [0.05, 0.1) is 12.7 Å². The first kappa shape index (κ1) is 14.4. The van der Waals surface area contributed by atoms with Crippen molar-refractivity contribution in [2.75, 3.05) is 12.4 Å². The molecule has 2 aliphatic rings. The quantitative estimate of drug-likeness (QED) is 0.672. The molecule has 2 heteroatoms. The van der Waals surface area contributed by atoms with Gasteiger partial charge in [0, 0.05) is 11.0 Å². The minimum absolute atomic E-state index is 0.604. The summed E-state index contributed by atoms with van der Waals surface area (Å²) in [5, 5.41) is 1.04. The Kier molecular flexibility index (Phi) is 6.20. The lowest BCUT2D eigenvalue weighted by Gasteiger charge is -2.09. The normalized spacial score (nSPS) is 28.7. The van der Waals surface area contributed by atoms with Crippen LogP contribution < -0.4 is 0 Å². The number of hydrogen-bond donors (Lipinski definition) is 0. The van der Waals surface area contributed by atoms with Crippen molar-refractivity contribution in [2.24, 2.45) is 17.8 Å². The van der Waals surface area contributed by atoms with Crippen LogP contribution in [0.1, 0.15) is 47.5 Å². The smallest absolute Gasteiger partial charge is 0.0835 e.